The van der Waals surface area contributed by atoms with E-state index in [4.69, 9.17) is 0 Å². The van der Waals surface area contributed by atoms with Crippen molar-refractivity contribution < 1.29 is 5.11 Å². The molecule has 0 unspecified atom stereocenters. The molecule has 0 saturated heterocycles. The molecule has 2 aromatic rings. The van der Waals surface area contributed by atoms with Gasteiger partial charge < -0.3 is 5.11 Å². The van der Waals surface area contributed by atoms with E-state index in [1.54, 1.807) is 0 Å². The third kappa shape index (κ3) is 1.40. The standard InChI is InChI=1S/C11H12N4O/c16-7-11(4-5-11)9-3-1-2-8(6-9)10-12-14-15-13-10/h1-3,6,16H,4-5,7H2,(H,12,13,14,15). The molecule has 1 aromatic carbocycles. The Morgan fingerprint density at radius 3 is 2.88 bits per heavy atom. The molecule has 2 N–H and O–H groups in total. The van der Waals surface area contributed by atoms with Gasteiger partial charge in [0.25, 0.3) is 0 Å². The number of hydrogen-bond acceptors (Lipinski definition) is 4. The topological polar surface area (TPSA) is 74.7 Å². The molecule has 5 heteroatoms. The van der Waals surface area contributed by atoms with Gasteiger partial charge in [0.05, 0.1) is 6.61 Å². The molecule has 0 aliphatic heterocycles. The van der Waals surface area contributed by atoms with E-state index in [0.717, 1.165) is 24.0 Å². The van der Waals surface area contributed by atoms with Crippen molar-refractivity contribution in [3.05, 3.63) is 29.8 Å². The number of nitrogens with one attached hydrogen (secondary N) is 1. The maximum Gasteiger partial charge on any atom is 0.204 e. The smallest absolute Gasteiger partial charge is 0.204 e. The van der Waals surface area contributed by atoms with Crippen molar-refractivity contribution in [3.8, 4) is 11.4 Å². The highest BCUT2D eigenvalue weighted by molar-refractivity contribution is 5.56. The fourth-order valence-electron chi connectivity index (χ4n) is 1.96. The third-order valence-corrected chi connectivity index (χ3v) is 3.23. The largest absolute Gasteiger partial charge is 0.395 e. The van der Waals surface area contributed by atoms with Crippen molar-refractivity contribution in [1.82, 2.24) is 20.6 Å². The lowest BCUT2D eigenvalue weighted by molar-refractivity contribution is 0.255. The van der Waals surface area contributed by atoms with Gasteiger partial charge in [0.2, 0.25) is 5.82 Å². The van der Waals surface area contributed by atoms with Crippen LogP contribution in [0.2, 0.25) is 0 Å². The lowest BCUT2D eigenvalue weighted by atomic mass is 9.95. The maximum absolute atomic E-state index is 9.38. The number of aromatic nitrogens is 4. The Kier molecular flexibility index (Phi) is 2.00. The van der Waals surface area contributed by atoms with Gasteiger partial charge >= 0.3 is 0 Å². The van der Waals surface area contributed by atoms with Crippen LogP contribution in [0.15, 0.2) is 24.3 Å². The predicted molar refractivity (Wildman–Crippen MR) is 57.6 cm³/mol. The lowest BCUT2D eigenvalue weighted by Gasteiger charge is -2.12. The lowest BCUT2D eigenvalue weighted by Crippen LogP contribution is -2.11. The highest BCUT2D eigenvalue weighted by atomic mass is 16.3. The summed E-state index contributed by atoms with van der Waals surface area (Å²) in [4.78, 5) is 0. The van der Waals surface area contributed by atoms with E-state index in [0.29, 0.717) is 5.82 Å². The van der Waals surface area contributed by atoms with E-state index < -0.39 is 0 Å². The second-order valence-electron chi connectivity index (χ2n) is 4.25. The van der Waals surface area contributed by atoms with E-state index in [1.807, 2.05) is 24.3 Å². The van der Waals surface area contributed by atoms with Crippen LogP contribution in [-0.2, 0) is 5.41 Å². The van der Waals surface area contributed by atoms with Crippen LogP contribution < -0.4 is 0 Å². The van der Waals surface area contributed by atoms with Gasteiger partial charge in [-0.25, -0.2) is 0 Å². The van der Waals surface area contributed by atoms with Gasteiger partial charge in [-0.15, -0.1) is 10.2 Å². The van der Waals surface area contributed by atoms with Gasteiger partial charge in [0.15, 0.2) is 0 Å². The van der Waals surface area contributed by atoms with E-state index in [-0.39, 0.29) is 12.0 Å². The number of H-pyrrole nitrogens is 1. The Morgan fingerprint density at radius 1 is 1.38 bits per heavy atom. The molecular weight excluding hydrogens is 204 g/mol. The number of aromatic amines is 1. The number of rotatable bonds is 3. The monoisotopic (exact) mass is 216 g/mol. The van der Waals surface area contributed by atoms with E-state index in [2.05, 4.69) is 20.6 Å². The summed E-state index contributed by atoms with van der Waals surface area (Å²) in [5, 5.41) is 23.3. The van der Waals surface area contributed by atoms with Crippen LogP contribution in [0.1, 0.15) is 18.4 Å². The first-order valence-corrected chi connectivity index (χ1v) is 5.29. The zero-order valence-corrected chi connectivity index (χ0v) is 8.72. The second-order valence-corrected chi connectivity index (χ2v) is 4.25. The molecule has 0 radical (unpaired) electrons. The fourth-order valence-corrected chi connectivity index (χ4v) is 1.96. The van der Waals surface area contributed by atoms with Gasteiger partial charge in [-0.3, -0.25) is 0 Å². The SMILES string of the molecule is OCC1(c2cccc(-c3nn[nH]n3)c2)CC1. The van der Waals surface area contributed by atoms with Gasteiger partial charge in [0, 0.05) is 11.0 Å². The highest BCUT2D eigenvalue weighted by Crippen LogP contribution is 2.48. The zero-order chi connectivity index (χ0) is 11.0. The minimum absolute atomic E-state index is 0.0141. The first kappa shape index (κ1) is 9.47. The van der Waals surface area contributed by atoms with Gasteiger partial charge in [0.1, 0.15) is 0 Å². The molecule has 82 valence electrons. The summed E-state index contributed by atoms with van der Waals surface area (Å²) in [6.07, 6.45) is 2.11. The first-order valence-electron chi connectivity index (χ1n) is 5.29. The Morgan fingerprint density at radius 2 is 2.25 bits per heavy atom. The van der Waals surface area contributed by atoms with Gasteiger partial charge in [-0.2, -0.15) is 5.21 Å². The molecule has 1 fully saturated rings. The zero-order valence-electron chi connectivity index (χ0n) is 8.72. The fraction of sp³-hybridized carbons (Fsp3) is 0.364. The van der Waals surface area contributed by atoms with Gasteiger partial charge in [-0.05, 0) is 29.7 Å². The average Bonchev–Trinajstić information content (AvgIpc) is 2.95. The molecule has 1 aliphatic rings. The first-order chi connectivity index (χ1) is 7.84. The minimum Gasteiger partial charge on any atom is -0.395 e. The second kappa shape index (κ2) is 3.38. The number of benzene rings is 1. The number of aliphatic hydroxyl groups is 1. The molecule has 16 heavy (non-hydrogen) atoms. The summed E-state index contributed by atoms with van der Waals surface area (Å²) in [6, 6.07) is 8.00. The summed E-state index contributed by atoms with van der Waals surface area (Å²) < 4.78 is 0. The van der Waals surface area contributed by atoms with Crippen LogP contribution >= 0.6 is 0 Å². The molecule has 0 atom stereocenters. The predicted octanol–water partition coefficient (Wildman–Crippen LogP) is 0.891. The van der Waals surface area contributed by atoms with Crippen LogP contribution in [0.5, 0.6) is 0 Å². The third-order valence-electron chi connectivity index (χ3n) is 3.23. The van der Waals surface area contributed by atoms with Crippen molar-refractivity contribution in [2.75, 3.05) is 6.61 Å². The van der Waals surface area contributed by atoms with Crippen LogP contribution in [0.3, 0.4) is 0 Å². The normalized spacial score (nSPS) is 17.3. The maximum atomic E-state index is 9.38. The van der Waals surface area contributed by atoms with Crippen LogP contribution in [0.25, 0.3) is 11.4 Å². The summed E-state index contributed by atoms with van der Waals surface area (Å²) in [6.45, 7) is 0.211. The molecule has 0 amide bonds. The van der Waals surface area contributed by atoms with Gasteiger partial charge in [-0.1, -0.05) is 18.2 Å². The van der Waals surface area contributed by atoms with Crippen molar-refractivity contribution >= 4 is 0 Å². The molecule has 1 aromatic heterocycles. The molecule has 1 aliphatic carbocycles. The van der Waals surface area contributed by atoms with E-state index >= 15 is 0 Å². The van der Waals surface area contributed by atoms with Crippen molar-refractivity contribution in [2.24, 2.45) is 0 Å². The van der Waals surface area contributed by atoms with Crippen molar-refractivity contribution in [1.29, 1.82) is 0 Å². The Hall–Kier alpha value is -1.75. The van der Waals surface area contributed by atoms with Crippen LogP contribution in [-0.4, -0.2) is 32.3 Å². The van der Waals surface area contributed by atoms with Crippen LogP contribution in [0, 0.1) is 0 Å². The Labute approximate surface area is 92.5 Å². The van der Waals surface area contributed by atoms with E-state index in [9.17, 15) is 5.11 Å². The molecule has 3 rings (SSSR count). The van der Waals surface area contributed by atoms with Crippen molar-refractivity contribution in [2.45, 2.75) is 18.3 Å². The molecular formula is C11H12N4O. The van der Waals surface area contributed by atoms with Crippen LogP contribution in [0.4, 0.5) is 0 Å². The number of aliphatic hydroxyl groups excluding tert-OH is 1. The summed E-state index contributed by atoms with van der Waals surface area (Å²) >= 11 is 0. The average molecular weight is 216 g/mol. The summed E-state index contributed by atoms with van der Waals surface area (Å²) in [5.74, 6) is 0.593. The minimum atomic E-state index is -0.0141. The Balaban J connectivity index is 2.01. The van der Waals surface area contributed by atoms with Crippen molar-refractivity contribution in [3.63, 3.8) is 0 Å². The summed E-state index contributed by atoms with van der Waals surface area (Å²) in [5.41, 5.74) is 2.09. The number of nitrogens with zero attached hydrogens (tertiary/aromatic N) is 3. The Bertz CT molecular complexity index is 490. The summed E-state index contributed by atoms with van der Waals surface area (Å²) in [7, 11) is 0. The molecule has 0 bridgehead atoms. The molecule has 1 heterocycles. The molecule has 0 spiro atoms. The molecule has 5 nitrogen and oxygen atoms in total. The molecule has 1 saturated carbocycles. The van der Waals surface area contributed by atoms with E-state index in [1.165, 1.54) is 0 Å². The highest BCUT2D eigenvalue weighted by Gasteiger charge is 2.43. The number of tetrazole rings is 1. The number of hydrogen-bond donors (Lipinski definition) is 2. The quantitative estimate of drug-likeness (QED) is 0.799.